The molecule has 1 unspecified atom stereocenters. The summed E-state index contributed by atoms with van der Waals surface area (Å²) in [6, 6.07) is 11.1. The van der Waals surface area contributed by atoms with Crippen LogP contribution >= 0.6 is 0 Å². The summed E-state index contributed by atoms with van der Waals surface area (Å²) in [5.41, 5.74) is 4.20. The second-order valence-corrected chi connectivity index (χ2v) is 10.7. The number of para-hydroxylation sites is 2. The molecule has 1 amide bonds. The van der Waals surface area contributed by atoms with E-state index >= 15 is 0 Å². The molecular formula is C28H38N8O3S. The number of benzene rings is 2. The third kappa shape index (κ3) is 8.17. The highest BCUT2D eigenvalue weighted by atomic mass is 32.2. The number of aryl methyl sites for hydroxylation is 1. The summed E-state index contributed by atoms with van der Waals surface area (Å²) >= 11 is 0. The van der Waals surface area contributed by atoms with Gasteiger partial charge in [0.2, 0.25) is 11.9 Å². The van der Waals surface area contributed by atoms with Crippen molar-refractivity contribution in [3.63, 3.8) is 0 Å². The molecule has 3 aromatic rings. The molecule has 4 N–H and O–H groups in total. The summed E-state index contributed by atoms with van der Waals surface area (Å²) in [7, 11) is 6.36. The number of hydrogen-bond acceptors (Lipinski definition) is 9. The maximum Gasteiger partial charge on any atom is 0.247 e. The second kappa shape index (κ2) is 14.3. The zero-order valence-corrected chi connectivity index (χ0v) is 24.7. The van der Waals surface area contributed by atoms with Crippen molar-refractivity contribution in [1.82, 2.24) is 14.9 Å². The highest BCUT2D eigenvalue weighted by Crippen LogP contribution is 2.38. The molecule has 0 radical (unpaired) electrons. The van der Waals surface area contributed by atoms with Crippen molar-refractivity contribution in [2.75, 3.05) is 72.7 Å². The number of nitrogens with one attached hydrogen (secondary N) is 4. The number of ether oxygens (including phenoxy) is 1. The molecular weight excluding hydrogens is 528 g/mol. The molecule has 0 aliphatic carbocycles. The minimum Gasteiger partial charge on any atom is -0.494 e. The zero-order chi connectivity index (χ0) is 29.2. The molecule has 0 aliphatic rings. The maximum atomic E-state index is 12.3. The number of amides is 1. The second-order valence-electron chi connectivity index (χ2n) is 9.24. The first kappa shape index (κ1) is 30.4. The molecule has 0 saturated carbocycles. The number of carbonyl (C=O) groups excluding carboxylic acids is 1. The Hall–Kier alpha value is -4.16. The van der Waals surface area contributed by atoms with Gasteiger partial charge in [-0.3, -0.25) is 4.79 Å². The molecule has 40 heavy (non-hydrogen) atoms. The number of aromatic nitrogens is 2. The monoisotopic (exact) mass is 566 g/mol. The Morgan fingerprint density at radius 1 is 1.07 bits per heavy atom. The van der Waals surface area contributed by atoms with Crippen LogP contribution in [-0.4, -0.2) is 72.1 Å². The molecule has 1 atom stereocenters. The van der Waals surface area contributed by atoms with Crippen LogP contribution in [0.15, 0.2) is 55.3 Å². The summed E-state index contributed by atoms with van der Waals surface area (Å²) in [5.74, 6) is 1.61. The summed E-state index contributed by atoms with van der Waals surface area (Å²) in [4.78, 5) is 25.5. The van der Waals surface area contributed by atoms with E-state index in [1.807, 2.05) is 70.2 Å². The van der Waals surface area contributed by atoms with Crippen molar-refractivity contribution in [2.24, 2.45) is 0 Å². The van der Waals surface area contributed by atoms with Gasteiger partial charge in [-0.2, -0.15) is 4.98 Å². The first-order chi connectivity index (χ1) is 19.1. The lowest BCUT2D eigenvalue weighted by Gasteiger charge is -2.26. The number of likely N-dealkylation sites (N-methyl/N-ethyl adjacent to an activating group) is 2. The fourth-order valence-electron chi connectivity index (χ4n) is 3.66. The average molecular weight is 567 g/mol. The molecule has 1 aromatic heterocycles. The number of methoxy groups -OCH3 is 1. The molecule has 3 rings (SSSR count). The van der Waals surface area contributed by atoms with E-state index < -0.39 is 11.0 Å². The molecule has 0 aliphatic heterocycles. The summed E-state index contributed by atoms with van der Waals surface area (Å²) in [5, 5.41) is 9.44. The molecule has 0 spiro atoms. The van der Waals surface area contributed by atoms with Crippen molar-refractivity contribution in [3.8, 4) is 5.75 Å². The van der Waals surface area contributed by atoms with Gasteiger partial charge in [-0.25, -0.2) is 9.19 Å². The lowest BCUT2D eigenvalue weighted by Crippen LogP contribution is -2.29. The van der Waals surface area contributed by atoms with Gasteiger partial charge >= 0.3 is 0 Å². The number of hydrogen-bond donors (Lipinski definition) is 4. The number of rotatable bonds is 14. The van der Waals surface area contributed by atoms with E-state index in [-0.39, 0.29) is 5.91 Å². The van der Waals surface area contributed by atoms with Crippen molar-refractivity contribution in [2.45, 2.75) is 13.8 Å². The molecule has 0 saturated heterocycles. The van der Waals surface area contributed by atoms with Crippen LogP contribution in [0.4, 0.5) is 40.2 Å². The van der Waals surface area contributed by atoms with Crippen LogP contribution in [0.1, 0.15) is 12.5 Å². The third-order valence-corrected chi connectivity index (χ3v) is 6.91. The predicted molar refractivity (Wildman–Crippen MR) is 166 cm³/mol. The standard InChI is InChI=1S/C28H38N8O3S/c1-8-26(37)30-22-16-23(25(39-7)17-24(22)36(6)15-14-35(4)5)32-28-29-18-19(3)27(33-28)31-20-12-10-11-13-21(20)34-40(38)9-2/h8,10-13,16-18,34H,1,9,14-15H2,2-7H3,(H,30,37)(H2,29,31,32,33). The van der Waals surface area contributed by atoms with Gasteiger partial charge in [0.1, 0.15) is 22.6 Å². The van der Waals surface area contributed by atoms with Crippen LogP contribution in [0.2, 0.25) is 0 Å². The lowest BCUT2D eigenvalue weighted by atomic mass is 10.2. The van der Waals surface area contributed by atoms with Gasteiger partial charge in [0.05, 0.1) is 35.5 Å². The van der Waals surface area contributed by atoms with Gasteiger partial charge in [-0.15, -0.1) is 0 Å². The van der Waals surface area contributed by atoms with Crippen LogP contribution < -0.4 is 30.3 Å². The topological polar surface area (TPSA) is 124 Å². The highest BCUT2D eigenvalue weighted by molar-refractivity contribution is 7.86. The fourth-order valence-corrected chi connectivity index (χ4v) is 4.23. The summed E-state index contributed by atoms with van der Waals surface area (Å²) < 4.78 is 20.8. The Morgan fingerprint density at radius 3 is 2.45 bits per heavy atom. The van der Waals surface area contributed by atoms with Crippen molar-refractivity contribution < 1.29 is 13.7 Å². The van der Waals surface area contributed by atoms with Gasteiger partial charge in [-0.05, 0) is 45.3 Å². The predicted octanol–water partition coefficient (Wildman–Crippen LogP) is 4.50. The Morgan fingerprint density at radius 2 is 1.80 bits per heavy atom. The van der Waals surface area contributed by atoms with Gasteiger partial charge in [0.25, 0.3) is 0 Å². The number of anilines is 7. The van der Waals surface area contributed by atoms with Crippen LogP contribution in [0.5, 0.6) is 5.75 Å². The zero-order valence-electron chi connectivity index (χ0n) is 23.9. The molecule has 0 bridgehead atoms. The molecule has 12 heteroatoms. The van der Waals surface area contributed by atoms with E-state index in [0.29, 0.717) is 40.3 Å². The highest BCUT2D eigenvalue weighted by Gasteiger charge is 2.17. The SMILES string of the molecule is C=CC(=O)Nc1cc(Nc2ncc(C)c(Nc3ccccc3NS(=O)CC)n2)c(OC)cc1N(C)CCN(C)C. The normalized spacial score (nSPS) is 11.5. The Bertz CT molecular complexity index is 1370. The molecule has 0 fully saturated rings. The maximum absolute atomic E-state index is 12.3. The van der Waals surface area contributed by atoms with Crippen LogP contribution in [0.25, 0.3) is 0 Å². The van der Waals surface area contributed by atoms with Gasteiger partial charge < -0.3 is 35.2 Å². The minimum atomic E-state index is -1.19. The first-order valence-electron chi connectivity index (χ1n) is 12.8. The van der Waals surface area contributed by atoms with E-state index in [9.17, 15) is 9.00 Å². The van der Waals surface area contributed by atoms with Crippen LogP contribution in [0.3, 0.4) is 0 Å². The molecule has 11 nitrogen and oxygen atoms in total. The molecule has 214 valence electrons. The van der Waals surface area contributed by atoms with Gasteiger partial charge in [-0.1, -0.05) is 25.6 Å². The van der Waals surface area contributed by atoms with E-state index in [2.05, 4.69) is 42.1 Å². The Kier molecular flexibility index (Phi) is 10.9. The van der Waals surface area contributed by atoms with Crippen molar-refractivity contribution >= 4 is 57.1 Å². The van der Waals surface area contributed by atoms with Crippen molar-refractivity contribution in [3.05, 3.63) is 60.8 Å². The smallest absolute Gasteiger partial charge is 0.247 e. The van der Waals surface area contributed by atoms with Crippen LogP contribution in [-0.2, 0) is 15.8 Å². The molecule has 2 aromatic carbocycles. The Labute approximate surface area is 238 Å². The van der Waals surface area contributed by atoms with E-state index in [4.69, 9.17) is 4.74 Å². The van der Waals surface area contributed by atoms with Gasteiger partial charge in [0.15, 0.2) is 0 Å². The fraction of sp³-hybridized carbons (Fsp3) is 0.321. The lowest BCUT2D eigenvalue weighted by molar-refractivity contribution is -0.111. The third-order valence-electron chi connectivity index (χ3n) is 5.94. The Balaban J connectivity index is 1.95. The summed E-state index contributed by atoms with van der Waals surface area (Å²) in [6.07, 6.45) is 2.93. The van der Waals surface area contributed by atoms with E-state index in [0.717, 1.165) is 30.0 Å². The minimum absolute atomic E-state index is 0.323. The van der Waals surface area contributed by atoms with Crippen LogP contribution in [0, 0.1) is 6.92 Å². The largest absolute Gasteiger partial charge is 0.494 e. The summed E-state index contributed by atoms with van der Waals surface area (Å²) in [6.45, 7) is 8.88. The van der Waals surface area contributed by atoms with Crippen molar-refractivity contribution in [1.29, 1.82) is 0 Å². The molecule has 1 heterocycles. The number of nitrogens with zero attached hydrogens (tertiary/aromatic N) is 4. The number of carbonyl (C=O) groups is 1. The quantitative estimate of drug-likeness (QED) is 0.209. The average Bonchev–Trinajstić information content (AvgIpc) is 2.94. The first-order valence-corrected chi connectivity index (χ1v) is 14.1. The van der Waals surface area contributed by atoms with E-state index in [1.54, 1.807) is 19.4 Å². The van der Waals surface area contributed by atoms with E-state index in [1.165, 1.54) is 6.08 Å². The van der Waals surface area contributed by atoms with Gasteiger partial charge in [0, 0.05) is 43.7 Å².